The van der Waals surface area contributed by atoms with E-state index in [0.717, 1.165) is 18.9 Å². The van der Waals surface area contributed by atoms with Crippen LogP contribution in [0.3, 0.4) is 0 Å². The number of aromatic hydroxyl groups is 1. The first-order valence-electron chi connectivity index (χ1n) is 8.46. The Morgan fingerprint density at radius 1 is 1.00 bits per heavy atom. The van der Waals surface area contributed by atoms with E-state index in [2.05, 4.69) is 6.92 Å². The number of Topliss-reactive ketones (excluding diaryl/α,β-unsaturated/α-hetero) is 1. The van der Waals surface area contributed by atoms with Crippen molar-refractivity contribution in [3.05, 3.63) is 28.3 Å². The van der Waals surface area contributed by atoms with Gasteiger partial charge in [0.1, 0.15) is 17.3 Å². The second kappa shape index (κ2) is 11.0. The molecule has 0 fully saturated rings. The monoisotopic (exact) mass is 308 g/mol. The summed E-state index contributed by atoms with van der Waals surface area (Å²) in [5, 5.41) is 9.29. The first-order chi connectivity index (χ1) is 10.6. The molecule has 0 atom stereocenters. The van der Waals surface area contributed by atoms with Crippen LogP contribution in [0, 0.1) is 0 Å². The molecule has 1 aromatic rings. The predicted octanol–water partition coefficient (Wildman–Crippen LogP) is 4.38. The lowest BCUT2D eigenvalue weighted by atomic mass is 10.0. The Balaban J connectivity index is 2.07. The van der Waals surface area contributed by atoms with Crippen molar-refractivity contribution in [2.75, 3.05) is 0 Å². The van der Waals surface area contributed by atoms with Crippen molar-refractivity contribution in [2.45, 2.75) is 77.6 Å². The molecule has 0 saturated heterocycles. The van der Waals surface area contributed by atoms with Crippen LogP contribution >= 0.6 is 0 Å². The lowest BCUT2D eigenvalue weighted by Gasteiger charge is -2.02. The zero-order chi connectivity index (χ0) is 16.2. The Labute approximate surface area is 132 Å². The highest BCUT2D eigenvalue weighted by Crippen LogP contribution is 2.12. The van der Waals surface area contributed by atoms with Crippen molar-refractivity contribution in [1.29, 1.82) is 0 Å². The first kappa shape index (κ1) is 18.5. The summed E-state index contributed by atoms with van der Waals surface area (Å²) < 4.78 is 4.88. The summed E-state index contributed by atoms with van der Waals surface area (Å²) in [7, 11) is 0. The van der Waals surface area contributed by atoms with E-state index in [1.807, 2.05) is 0 Å². The van der Waals surface area contributed by atoms with Crippen LogP contribution in [-0.4, -0.2) is 10.9 Å². The molecule has 124 valence electrons. The number of rotatable bonds is 12. The zero-order valence-electron chi connectivity index (χ0n) is 13.6. The standard InChI is InChI=1S/C18H28O4/c1-2-3-4-5-6-7-8-9-10-11-15(19)12-17-13-16(20)14-18(21)22-17/h13-14,20H,2-12H2,1H3. The Morgan fingerprint density at radius 2 is 1.59 bits per heavy atom. The summed E-state index contributed by atoms with van der Waals surface area (Å²) in [5.74, 6) is 0.143. The van der Waals surface area contributed by atoms with Crippen LogP contribution in [0.25, 0.3) is 0 Å². The maximum Gasteiger partial charge on any atom is 0.339 e. The third-order valence-corrected chi connectivity index (χ3v) is 3.74. The molecule has 1 rings (SSSR count). The highest BCUT2D eigenvalue weighted by Gasteiger charge is 2.07. The van der Waals surface area contributed by atoms with Gasteiger partial charge in [-0.2, -0.15) is 0 Å². The minimum atomic E-state index is -0.620. The smallest absolute Gasteiger partial charge is 0.339 e. The van der Waals surface area contributed by atoms with Crippen molar-refractivity contribution < 1.29 is 14.3 Å². The number of hydrogen-bond donors (Lipinski definition) is 1. The number of unbranched alkanes of at least 4 members (excludes halogenated alkanes) is 8. The molecule has 1 N–H and O–H groups in total. The highest BCUT2D eigenvalue weighted by atomic mass is 16.4. The number of carbonyl (C=O) groups excluding carboxylic acids is 1. The summed E-state index contributed by atoms with van der Waals surface area (Å²) in [6.45, 7) is 2.22. The maximum absolute atomic E-state index is 11.8. The Bertz CT molecular complexity index is 490. The summed E-state index contributed by atoms with van der Waals surface area (Å²) in [4.78, 5) is 22.9. The van der Waals surface area contributed by atoms with E-state index in [1.54, 1.807) is 0 Å². The van der Waals surface area contributed by atoms with Gasteiger partial charge in [-0.3, -0.25) is 4.79 Å². The fourth-order valence-electron chi connectivity index (χ4n) is 2.52. The lowest BCUT2D eigenvalue weighted by Crippen LogP contribution is -2.06. The summed E-state index contributed by atoms with van der Waals surface area (Å²) >= 11 is 0. The van der Waals surface area contributed by atoms with E-state index in [-0.39, 0.29) is 23.7 Å². The third-order valence-electron chi connectivity index (χ3n) is 3.74. The highest BCUT2D eigenvalue weighted by molar-refractivity contribution is 5.80. The quantitative estimate of drug-likeness (QED) is 0.582. The van der Waals surface area contributed by atoms with Crippen LogP contribution in [0.4, 0.5) is 0 Å². The molecular formula is C18H28O4. The van der Waals surface area contributed by atoms with Crippen molar-refractivity contribution in [3.8, 4) is 5.75 Å². The van der Waals surface area contributed by atoms with Crippen molar-refractivity contribution in [3.63, 3.8) is 0 Å². The fourth-order valence-corrected chi connectivity index (χ4v) is 2.52. The summed E-state index contributed by atoms with van der Waals surface area (Å²) in [5.41, 5.74) is -0.620. The van der Waals surface area contributed by atoms with E-state index in [0.29, 0.717) is 6.42 Å². The molecule has 1 heterocycles. The number of hydrogen-bond acceptors (Lipinski definition) is 4. The summed E-state index contributed by atoms with van der Waals surface area (Å²) in [6, 6.07) is 2.32. The number of carbonyl (C=O) groups is 1. The first-order valence-corrected chi connectivity index (χ1v) is 8.46. The average molecular weight is 308 g/mol. The molecule has 0 aliphatic carbocycles. The van der Waals surface area contributed by atoms with Gasteiger partial charge in [0.2, 0.25) is 0 Å². The SMILES string of the molecule is CCCCCCCCCCCC(=O)Cc1cc(O)cc(=O)o1. The van der Waals surface area contributed by atoms with Gasteiger partial charge in [0.25, 0.3) is 0 Å². The van der Waals surface area contributed by atoms with Gasteiger partial charge in [0.05, 0.1) is 12.5 Å². The van der Waals surface area contributed by atoms with Crippen LogP contribution < -0.4 is 5.63 Å². The molecule has 4 heteroatoms. The van der Waals surface area contributed by atoms with Crippen molar-refractivity contribution in [2.24, 2.45) is 0 Å². The van der Waals surface area contributed by atoms with E-state index >= 15 is 0 Å². The lowest BCUT2D eigenvalue weighted by molar-refractivity contribution is -0.118. The molecule has 0 spiro atoms. The van der Waals surface area contributed by atoms with E-state index in [4.69, 9.17) is 4.42 Å². The molecule has 0 unspecified atom stereocenters. The molecule has 0 aliphatic heterocycles. The molecule has 0 radical (unpaired) electrons. The van der Waals surface area contributed by atoms with Gasteiger partial charge in [-0.25, -0.2) is 4.79 Å². The Hall–Kier alpha value is -1.58. The second-order valence-electron chi connectivity index (χ2n) is 5.89. The van der Waals surface area contributed by atoms with Gasteiger partial charge in [0, 0.05) is 12.5 Å². The topological polar surface area (TPSA) is 67.5 Å². The second-order valence-corrected chi connectivity index (χ2v) is 5.89. The Kier molecular flexibility index (Phi) is 9.28. The zero-order valence-corrected chi connectivity index (χ0v) is 13.6. The van der Waals surface area contributed by atoms with Gasteiger partial charge in [-0.05, 0) is 6.42 Å². The van der Waals surface area contributed by atoms with E-state index in [9.17, 15) is 14.7 Å². The Morgan fingerprint density at radius 3 is 2.18 bits per heavy atom. The summed E-state index contributed by atoms with van der Waals surface area (Å²) in [6.07, 6.45) is 11.5. The molecule has 0 aromatic carbocycles. The third kappa shape index (κ3) is 8.65. The molecule has 1 aromatic heterocycles. The van der Waals surface area contributed by atoms with Crippen LogP contribution in [0.15, 0.2) is 21.3 Å². The normalized spacial score (nSPS) is 10.8. The van der Waals surface area contributed by atoms with Crippen LogP contribution in [0.5, 0.6) is 5.75 Å². The maximum atomic E-state index is 11.8. The minimum absolute atomic E-state index is 0.0525. The van der Waals surface area contributed by atoms with Crippen molar-refractivity contribution >= 4 is 5.78 Å². The van der Waals surface area contributed by atoms with Crippen LogP contribution in [0.2, 0.25) is 0 Å². The largest absolute Gasteiger partial charge is 0.508 e. The fraction of sp³-hybridized carbons (Fsp3) is 0.667. The molecule has 0 amide bonds. The van der Waals surface area contributed by atoms with Gasteiger partial charge in [-0.1, -0.05) is 58.3 Å². The van der Waals surface area contributed by atoms with Crippen LogP contribution in [0.1, 0.15) is 76.9 Å². The molecule has 22 heavy (non-hydrogen) atoms. The minimum Gasteiger partial charge on any atom is -0.508 e. The number of ketones is 1. The molecular weight excluding hydrogens is 280 g/mol. The van der Waals surface area contributed by atoms with E-state index < -0.39 is 5.63 Å². The van der Waals surface area contributed by atoms with Gasteiger partial charge in [0.15, 0.2) is 0 Å². The molecule has 0 saturated carbocycles. The van der Waals surface area contributed by atoms with Gasteiger partial charge >= 0.3 is 5.63 Å². The average Bonchev–Trinajstić information content (AvgIpc) is 2.44. The van der Waals surface area contributed by atoms with Crippen molar-refractivity contribution in [1.82, 2.24) is 0 Å². The molecule has 0 bridgehead atoms. The molecule has 4 nitrogen and oxygen atoms in total. The van der Waals surface area contributed by atoms with Gasteiger partial charge < -0.3 is 9.52 Å². The predicted molar refractivity (Wildman–Crippen MR) is 87.2 cm³/mol. The van der Waals surface area contributed by atoms with Gasteiger partial charge in [-0.15, -0.1) is 0 Å². The molecule has 0 aliphatic rings. The van der Waals surface area contributed by atoms with Crippen LogP contribution in [-0.2, 0) is 11.2 Å². The van der Waals surface area contributed by atoms with E-state index in [1.165, 1.54) is 51.0 Å².